The molecule has 3 amide bonds. The molecule has 5 atom stereocenters. The Morgan fingerprint density at radius 1 is 0.811 bits per heavy atom. The molecule has 0 aliphatic carbocycles. The number of rotatable bonds is 14. The second kappa shape index (κ2) is 15.0. The highest BCUT2D eigenvalue weighted by atomic mass is 32.1. The quantitative estimate of drug-likeness (QED) is 0.204. The van der Waals surface area contributed by atoms with Crippen molar-refractivity contribution in [2.75, 3.05) is 5.75 Å². The molecule has 0 bridgehead atoms. The molecule has 0 aliphatic heterocycles. The number of thiol groups is 1. The summed E-state index contributed by atoms with van der Waals surface area (Å²) in [4.78, 5) is 50.6. The van der Waals surface area contributed by atoms with Crippen molar-refractivity contribution in [2.45, 2.75) is 57.3 Å². The molecule has 0 saturated heterocycles. The van der Waals surface area contributed by atoms with E-state index in [4.69, 9.17) is 5.73 Å². The first-order valence-electron chi connectivity index (χ1n) is 12.2. The maximum absolute atomic E-state index is 13.1. The van der Waals surface area contributed by atoms with Crippen molar-refractivity contribution in [3.8, 4) is 0 Å². The fourth-order valence-electron chi connectivity index (χ4n) is 3.70. The molecule has 0 heterocycles. The molecule has 0 fully saturated rings. The van der Waals surface area contributed by atoms with E-state index in [2.05, 4.69) is 28.6 Å². The number of carboxylic acids is 1. The minimum Gasteiger partial charge on any atom is -0.480 e. The Balaban J connectivity index is 2.05. The molecule has 2 aromatic carbocycles. The number of benzene rings is 2. The van der Waals surface area contributed by atoms with Gasteiger partial charge in [0.05, 0.1) is 6.04 Å². The Bertz CT molecular complexity index is 1040. The van der Waals surface area contributed by atoms with E-state index in [-0.39, 0.29) is 18.1 Å². The van der Waals surface area contributed by atoms with Gasteiger partial charge in [0.2, 0.25) is 17.7 Å². The van der Waals surface area contributed by atoms with Crippen LogP contribution in [0.5, 0.6) is 0 Å². The lowest BCUT2D eigenvalue weighted by atomic mass is 9.97. The minimum atomic E-state index is -1.18. The highest BCUT2D eigenvalue weighted by Gasteiger charge is 2.32. The number of amides is 3. The Hall–Kier alpha value is -3.37. The molecule has 10 heteroatoms. The van der Waals surface area contributed by atoms with Crippen molar-refractivity contribution in [3.63, 3.8) is 0 Å². The summed E-state index contributed by atoms with van der Waals surface area (Å²) in [6, 6.07) is 14.1. The fourth-order valence-corrected chi connectivity index (χ4v) is 3.96. The molecular weight excluding hydrogens is 492 g/mol. The Labute approximate surface area is 223 Å². The highest BCUT2D eigenvalue weighted by Crippen LogP contribution is 2.11. The van der Waals surface area contributed by atoms with Crippen molar-refractivity contribution >= 4 is 36.3 Å². The van der Waals surface area contributed by atoms with E-state index in [0.717, 1.165) is 11.1 Å². The van der Waals surface area contributed by atoms with Gasteiger partial charge < -0.3 is 26.8 Å². The molecule has 0 saturated carbocycles. The number of nitrogens with one attached hydrogen (secondary N) is 3. The molecular formula is C27H36N4O5S. The Kier molecular flexibility index (Phi) is 12.1. The van der Waals surface area contributed by atoms with Gasteiger partial charge in [0, 0.05) is 12.2 Å². The molecule has 2 aromatic rings. The van der Waals surface area contributed by atoms with Gasteiger partial charge >= 0.3 is 5.97 Å². The molecule has 0 aromatic heterocycles. The van der Waals surface area contributed by atoms with Crippen LogP contribution in [-0.2, 0) is 32.0 Å². The number of carbonyl (C=O) groups excluding carboxylic acids is 3. The number of hydrogen-bond acceptors (Lipinski definition) is 6. The van der Waals surface area contributed by atoms with Gasteiger partial charge in [-0.05, 0) is 23.5 Å². The van der Waals surface area contributed by atoms with Crippen LogP contribution in [0.4, 0.5) is 0 Å². The molecule has 0 radical (unpaired) electrons. The van der Waals surface area contributed by atoms with E-state index < -0.39 is 47.9 Å². The molecule has 37 heavy (non-hydrogen) atoms. The lowest BCUT2D eigenvalue weighted by Gasteiger charge is -2.27. The minimum absolute atomic E-state index is 0.0176. The lowest BCUT2D eigenvalue weighted by Crippen LogP contribution is -2.59. The van der Waals surface area contributed by atoms with E-state index in [1.807, 2.05) is 43.3 Å². The summed E-state index contributed by atoms with van der Waals surface area (Å²) < 4.78 is 0. The summed E-state index contributed by atoms with van der Waals surface area (Å²) in [5.41, 5.74) is 7.67. The van der Waals surface area contributed by atoms with Crippen molar-refractivity contribution < 1.29 is 24.3 Å². The zero-order valence-electron chi connectivity index (χ0n) is 21.1. The Morgan fingerprint density at radius 3 is 1.81 bits per heavy atom. The first kappa shape index (κ1) is 29.9. The van der Waals surface area contributed by atoms with Crippen LogP contribution in [0.3, 0.4) is 0 Å². The molecule has 200 valence electrons. The van der Waals surface area contributed by atoms with Gasteiger partial charge in [-0.3, -0.25) is 14.4 Å². The second-order valence-electron chi connectivity index (χ2n) is 9.00. The second-order valence-corrected chi connectivity index (χ2v) is 9.37. The third kappa shape index (κ3) is 9.55. The molecule has 6 N–H and O–H groups in total. The molecule has 5 unspecified atom stereocenters. The number of carboxylic acid groups (broad SMARTS) is 1. The van der Waals surface area contributed by atoms with Gasteiger partial charge in [0.15, 0.2) is 0 Å². The third-order valence-corrected chi connectivity index (χ3v) is 6.51. The monoisotopic (exact) mass is 528 g/mol. The maximum Gasteiger partial charge on any atom is 0.326 e. The largest absolute Gasteiger partial charge is 0.480 e. The van der Waals surface area contributed by atoms with E-state index in [1.54, 1.807) is 31.2 Å². The van der Waals surface area contributed by atoms with Gasteiger partial charge in [-0.25, -0.2) is 4.79 Å². The smallest absolute Gasteiger partial charge is 0.326 e. The number of aliphatic carboxylic acids is 1. The Morgan fingerprint density at radius 2 is 1.32 bits per heavy atom. The summed E-state index contributed by atoms with van der Waals surface area (Å²) in [7, 11) is 0. The van der Waals surface area contributed by atoms with Gasteiger partial charge in [-0.15, -0.1) is 0 Å². The summed E-state index contributed by atoms with van der Waals surface area (Å²) in [6.07, 6.45) is 0.940. The average Bonchev–Trinajstić information content (AvgIpc) is 2.90. The highest BCUT2D eigenvalue weighted by molar-refractivity contribution is 7.80. The lowest BCUT2D eigenvalue weighted by molar-refractivity contribution is -0.142. The molecule has 9 nitrogen and oxygen atoms in total. The van der Waals surface area contributed by atoms with Crippen molar-refractivity contribution in [1.29, 1.82) is 0 Å². The standard InChI is InChI=1S/C27H36N4O5S/c1-3-17(2)23(26(34)29-21(27(35)36)15-19-12-8-5-9-13-19)31-25(33)22(16-37)30-24(32)20(28)14-18-10-6-4-7-11-18/h4-13,17,20-23,37H,3,14-16,28H2,1-2H3,(H,29,34)(H,30,32)(H,31,33)(H,35,36). The maximum atomic E-state index is 13.1. The van der Waals surface area contributed by atoms with Crippen molar-refractivity contribution in [3.05, 3.63) is 71.8 Å². The normalized spacial score (nSPS) is 14.9. The topological polar surface area (TPSA) is 151 Å². The fraction of sp³-hybridized carbons (Fsp3) is 0.407. The first-order valence-corrected chi connectivity index (χ1v) is 12.9. The number of hydrogen-bond donors (Lipinski definition) is 6. The van der Waals surface area contributed by atoms with E-state index in [1.165, 1.54) is 0 Å². The van der Waals surface area contributed by atoms with Crippen LogP contribution < -0.4 is 21.7 Å². The SMILES string of the molecule is CCC(C)C(NC(=O)C(CS)NC(=O)C(N)Cc1ccccc1)C(=O)NC(Cc1ccccc1)C(=O)O. The van der Waals surface area contributed by atoms with E-state index in [0.29, 0.717) is 12.8 Å². The number of nitrogens with two attached hydrogens (primary N) is 1. The molecule has 0 spiro atoms. The van der Waals surface area contributed by atoms with Gasteiger partial charge in [-0.1, -0.05) is 80.9 Å². The van der Waals surface area contributed by atoms with Crippen molar-refractivity contribution in [1.82, 2.24) is 16.0 Å². The van der Waals surface area contributed by atoms with Crippen LogP contribution in [0.15, 0.2) is 60.7 Å². The molecule has 0 aliphatic rings. The van der Waals surface area contributed by atoms with E-state index >= 15 is 0 Å². The van der Waals surface area contributed by atoms with Crippen LogP contribution in [0.2, 0.25) is 0 Å². The number of carbonyl (C=O) groups is 4. The van der Waals surface area contributed by atoms with Crippen LogP contribution >= 0.6 is 12.6 Å². The van der Waals surface area contributed by atoms with Gasteiger partial charge in [0.25, 0.3) is 0 Å². The third-order valence-electron chi connectivity index (χ3n) is 6.14. The summed E-state index contributed by atoms with van der Waals surface area (Å²) >= 11 is 4.19. The summed E-state index contributed by atoms with van der Waals surface area (Å²) in [5.74, 6) is -3.24. The predicted molar refractivity (Wildman–Crippen MR) is 145 cm³/mol. The average molecular weight is 529 g/mol. The molecule has 2 rings (SSSR count). The van der Waals surface area contributed by atoms with Crippen LogP contribution in [0.1, 0.15) is 31.4 Å². The van der Waals surface area contributed by atoms with Gasteiger partial charge in [0.1, 0.15) is 18.1 Å². The first-order chi connectivity index (χ1) is 17.7. The summed E-state index contributed by atoms with van der Waals surface area (Å²) in [6.45, 7) is 3.64. The summed E-state index contributed by atoms with van der Waals surface area (Å²) in [5, 5.41) is 17.5. The van der Waals surface area contributed by atoms with Crippen LogP contribution in [0, 0.1) is 5.92 Å². The van der Waals surface area contributed by atoms with Crippen molar-refractivity contribution in [2.24, 2.45) is 11.7 Å². The van der Waals surface area contributed by atoms with Crippen LogP contribution in [0.25, 0.3) is 0 Å². The van der Waals surface area contributed by atoms with E-state index in [9.17, 15) is 24.3 Å². The van der Waals surface area contributed by atoms with Gasteiger partial charge in [-0.2, -0.15) is 12.6 Å². The van der Waals surface area contributed by atoms with Crippen LogP contribution in [-0.4, -0.2) is 58.7 Å². The predicted octanol–water partition coefficient (Wildman–Crippen LogP) is 1.31. The zero-order chi connectivity index (χ0) is 27.4. The zero-order valence-corrected chi connectivity index (χ0v) is 22.0.